The molecule has 2 aromatic heterocycles. The number of hydrogen-bond donors (Lipinski definition) is 2. The maximum Gasteiger partial charge on any atom is 0.230 e. The average molecular weight is 627 g/mol. The van der Waals surface area contributed by atoms with Gasteiger partial charge in [0.1, 0.15) is 16.5 Å². The number of aryl methyl sites for hydroxylation is 2. The number of benzene rings is 2. The van der Waals surface area contributed by atoms with E-state index in [0.717, 1.165) is 84.7 Å². The summed E-state index contributed by atoms with van der Waals surface area (Å²) in [6.45, 7) is 1.20. The number of rotatable bonds is 0. The van der Waals surface area contributed by atoms with Gasteiger partial charge in [-0.1, -0.05) is 47.8 Å². The number of carbonyl (C=O) groups is 2. The zero-order valence-corrected chi connectivity index (χ0v) is 26.1. The topological polar surface area (TPSA) is 128 Å². The first kappa shape index (κ1) is 31.8. The highest BCUT2D eigenvalue weighted by Gasteiger charge is 2.11. The lowest BCUT2D eigenvalue weighted by Crippen LogP contribution is -2.16. The van der Waals surface area contributed by atoms with Crippen LogP contribution in [0.3, 0.4) is 0 Å². The summed E-state index contributed by atoms with van der Waals surface area (Å²) in [5.74, 6) is 1.64. The lowest BCUT2D eigenvalue weighted by molar-refractivity contribution is -0.116. The Morgan fingerprint density at radius 1 is 0.644 bits per heavy atom. The van der Waals surface area contributed by atoms with E-state index in [9.17, 15) is 9.59 Å². The van der Waals surface area contributed by atoms with Crippen LogP contribution < -0.4 is 20.1 Å². The molecule has 4 aromatic rings. The van der Waals surface area contributed by atoms with Crippen LogP contribution in [0.25, 0.3) is 0 Å². The van der Waals surface area contributed by atoms with Gasteiger partial charge in [0.2, 0.25) is 16.9 Å². The van der Waals surface area contributed by atoms with E-state index in [1.54, 1.807) is 6.07 Å². The van der Waals surface area contributed by atoms with Gasteiger partial charge in [-0.3, -0.25) is 9.59 Å². The zero-order valence-electron chi connectivity index (χ0n) is 25.2. The summed E-state index contributed by atoms with van der Waals surface area (Å²) >= 11 is 1.39. The SMILES string of the molecule is O=C1Cc2cccc(c2)OCCC/C=C/CCCOc2cccc(c2)CC(=O)Nc2nnc(s2)CCCCc2ccc(nn2)N1. The summed E-state index contributed by atoms with van der Waals surface area (Å²) in [7, 11) is 0. The fraction of sp³-hybridized carbons (Fsp3) is 0.353. The number of nitrogens with zero attached hydrogens (tertiary/aromatic N) is 4. The lowest BCUT2D eigenvalue weighted by Gasteiger charge is -2.08. The van der Waals surface area contributed by atoms with Gasteiger partial charge in [0.05, 0.1) is 31.7 Å². The predicted molar refractivity (Wildman–Crippen MR) is 175 cm³/mol. The molecule has 0 aliphatic carbocycles. The van der Waals surface area contributed by atoms with Crippen LogP contribution >= 0.6 is 11.3 Å². The minimum Gasteiger partial charge on any atom is -0.494 e. The highest BCUT2D eigenvalue weighted by molar-refractivity contribution is 7.15. The molecule has 8 bridgehead atoms. The molecule has 4 heterocycles. The van der Waals surface area contributed by atoms with Gasteiger partial charge in [0.25, 0.3) is 0 Å². The number of hydrogen-bond acceptors (Lipinski definition) is 9. The van der Waals surface area contributed by atoms with Crippen LogP contribution in [0, 0.1) is 0 Å². The summed E-state index contributed by atoms with van der Waals surface area (Å²) < 4.78 is 11.8. The molecule has 45 heavy (non-hydrogen) atoms. The third kappa shape index (κ3) is 11.1. The third-order valence-electron chi connectivity index (χ3n) is 7.03. The standard InChI is InChI=1S/C34H38N6O4S/c41-31-23-25-11-9-14-28(21-25)43-19-7-3-1-2-4-8-20-44-29-15-10-12-26(22-29)24-32(42)36-34-40-39-33(45-34)16-6-5-13-27-17-18-30(35-31)38-37-27/h1-2,9-12,14-15,17-18,21-22H,3-8,13,16,19-20,23-24H2,(H,35,38,41)(H,36,40,42)/b2-1+. The Kier molecular flexibility index (Phi) is 12.0. The van der Waals surface area contributed by atoms with E-state index in [0.29, 0.717) is 24.2 Å². The van der Waals surface area contributed by atoms with Crippen molar-refractivity contribution in [2.24, 2.45) is 0 Å². The molecule has 2 aliphatic rings. The van der Waals surface area contributed by atoms with Crippen molar-refractivity contribution in [3.63, 3.8) is 0 Å². The molecule has 10 nitrogen and oxygen atoms in total. The first-order valence-corrected chi connectivity index (χ1v) is 16.2. The summed E-state index contributed by atoms with van der Waals surface area (Å²) in [6, 6.07) is 18.9. The maximum atomic E-state index is 12.6. The second kappa shape index (κ2) is 17.0. The van der Waals surface area contributed by atoms with Crippen LogP contribution in [0.1, 0.15) is 60.4 Å². The number of ether oxygens (including phenoxy) is 2. The summed E-state index contributed by atoms with van der Waals surface area (Å²) in [6.07, 6.45) is 11.7. The number of nitrogens with one attached hydrogen (secondary N) is 2. The van der Waals surface area contributed by atoms with Crippen LogP contribution in [0.15, 0.2) is 72.8 Å². The van der Waals surface area contributed by atoms with Crippen molar-refractivity contribution in [3.8, 4) is 11.5 Å². The quantitative estimate of drug-likeness (QED) is 0.223. The van der Waals surface area contributed by atoms with Crippen LogP contribution in [0.5, 0.6) is 11.5 Å². The minimum absolute atomic E-state index is 0.140. The molecule has 11 heteroatoms. The van der Waals surface area contributed by atoms with Crippen molar-refractivity contribution in [2.75, 3.05) is 23.8 Å². The number of aromatic nitrogens is 4. The van der Waals surface area contributed by atoms with Crippen molar-refractivity contribution in [3.05, 3.63) is 94.6 Å². The van der Waals surface area contributed by atoms with Crippen LogP contribution in [-0.2, 0) is 35.3 Å². The van der Waals surface area contributed by atoms with Gasteiger partial charge in [-0.25, -0.2) is 0 Å². The lowest BCUT2D eigenvalue weighted by atomic mass is 10.1. The molecule has 0 unspecified atom stereocenters. The fourth-order valence-electron chi connectivity index (χ4n) is 4.78. The van der Waals surface area contributed by atoms with Crippen molar-refractivity contribution < 1.29 is 19.1 Å². The van der Waals surface area contributed by atoms with E-state index in [1.165, 1.54) is 11.3 Å². The molecular formula is C34H38N6O4S. The van der Waals surface area contributed by atoms with Gasteiger partial charge in [-0.2, -0.15) is 5.10 Å². The van der Waals surface area contributed by atoms with Crippen LogP contribution in [0.2, 0.25) is 0 Å². The molecule has 2 amide bonds. The van der Waals surface area contributed by atoms with E-state index in [2.05, 4.69) is 43.2 Å². The van der Waals surface area contributed by atoms with Gasteiger partial charge in [0, 0.05) is 6.42 Å². The number of amides is 2. The first-order valence-electron chi connectivity index (χ1n) is 15.4. The Morgan fingerprint density at radius 3 is 1.93 bits per heavy atom. The normalized spacial score (nSPS) is 16.8. The molecule has 2 aliphatic heterocycles. The van der Waals surface area contributed by atoms with E-state index < -0.39 is 0 Å². The van der Waals surface area contributed by atoms with Gasteiger partial charge in [0.15, 0.2) is 5.82 Å². The zero-order chi connectivity index (χ0) is 31.1. The van der Waals surface area contributed by atoms with E-state index in [-0.39, 0.29) is 24.7 Å². The molecule has 0 spiro atoms. The summed E-state index contributed by atoms with van der Waals surface area (Å²) in [5, 5.41) is 23.9. The van der Waals surface area contributed by atoms with E-state index in [4.69, 9.17) is 9.47 Å². The van der Waals surface area contributed by atoms with Gasteiger partial charge in [-0.15, -0.1) is 15.3 Å². The van der Waals surface area contributed by atoms with Gasteiger partial charge in [-0.05, 0) is 92.5 Å². The second-order valence-corrected chi connectivity index (χ2v) is 11.9. The molecular weight excluding hydrogens is 588 g/mol. The smallest absolute Gasteiger partial charge is 0.230 e. The van der Waals surface area contributed by atoms with Crippen molar-refractivity contribution in [1.82, 2.24) is 20.4 Å². The molecule has 2 N–H and O–H groups in total. The Hall–Kier alpha value is -4.64. The maximum absolute atomic E-state index is 12.6. The van der Waals surface area contributed by atoms with Crippen LogP contribution in [0.4, 0.5) is 10.9 Å². The molecule has 0 radical (unpaired) electrons. The predicted octanol–water partition coefficient (Wildman–Crippen LogP) is 6.14. The Labute approximate surface area is 267 Å². The molecule has 234 valence electrons. The number of fused-ring (bicyclic) bond motifs is 17. The summed E-state index contributed by atoms with van der Waals surface area (Å²) in [4.78, 5) is 25.3. The highest BCUT2D eigenvalue weighted by Crippen LogP contribution is 2.20. The van der Waals surface area contributed by atoms with Gasteiger partial charge < -0.3 is 20.1 Å². The molecule has 0 fully saturated rings. The first-order chi connectivity index (χ1) is 22.1. The monoisotopic (exact) mass is 626 g/mol. The number of carbonyl (C=O) groups excluding carboxylic acids is 2. The van der Waals surface area contributed by atoms with Crippen molar-refractivity contribution in [1.29, 1.82) is 0 Å². The molecule has 6 rings (SSSR count). The molecule has 2 aromatic carbocycles. The highest BCUT2D eigenvalue weighted by atomic mass is 32.1. The Morgan fingerprint density at radius 2 is 1.29 bits per heavy atom. The average Bonchev–Trinajstić information content (AvgIpc) is 3.47. The third-order valence-corrected chi connectivity index (χ3v) is 7.93. The van der Waals surface area contributed by atoms with Crippen LogP contribution in [-0.4, -0.2) is 45.4 Å². The molecule has 0 atom stereocenters. The summed E-state index contributed by atoms with van der Waals surface area (Å²) in [5.41, 5.74) is 2.60. The van der Waals surface area contributed by atoms with Gasteiger partial charge >= 0.3 is 0 Å². The largest absolute Gasteiger partial charge is 0.494 e. The fourth-order valence-corrected chi connectivity index (χ4v) is 5.57. The number of anilines is 2. The Balaban J connectivity index is 1.18. The molecule has 0 saturated heterocycles. The van der Waals surface area contributed by atoms with Crippen molar-refractivity contribution >= 4 is 34.1 Å². The van der Waals surface area contributed by atoms with E-state index >= 15 is 0 Å². The Bertz CT molecular complexity index is 1570. The molecule has 0 saturated carbocycles. The van der Waals surface area contributed by atoms with E-state index in [1.807, 2.05) is 54.6 Å². The minimum atomic E-state index is -0.160. The second-order valence-electron chi connectivity index (χ2n) is 10.8. The number of allylic oxidation sites excluding steroid dienone is 2. The van der Waals surface area contributed by atoms with Crippen molar-refractivity contribution in [2.45, 2.75) is 64.2 Å².